The minimum absolute atomic E-state index is 0.840. The van der Waals surface area contributed by atoms with Crippen LogP contribution in [0.25, 0.3) is 10.9 Å². The van der Waals surface area contributed by atoms with Gasteiger partial charge in [0.2, 0.25) is 10.0 Å². The quantitative estimate of drug-likeness (QED) is 0.742. The van der Waals surface area contributed by atoms with Gasteiger partial charge >= 0.3 is 0 Å². The standard InChI is InChI=1S/C14H17NO2S/c1-18(16,17)15-13-9-4-2-3-7-11(13)12-8-5-6-10-14(12)15/h5-6,8,10H,2-4,7,9H2,1H3. The largest absolute Gasteiger partial charge is 0.242 e. The molecule has 0 saturated heterocycles. The molecule has 2 aromatic rings. The Hall–Kier alpha value is -1.29. The third-order valence-corrected chi connectivity index (χ3v) is 4.79. The Morgan fingerprint density at radius 3 is 2.56 bits per heavy atom. The third-order valence-electron chi connectivity index (χ3n) is 3.71. The van der Waals surface area contributed by atoms with E-state index in [9.17, 15) is 8.42 Å². The molecule has 3 rings (SSSR count). The van der Waals surface area contributed by atoms with Crippen LogP contribution in [0.15, 0.2) is 24.3 Å². The van der Waals surface area contributed by atoms with Gasteiger partial charge in [-0.2, -0.15) is 0 Å². The van der Waals surface area contributed by atoms with E-state index in [0.29, 0.717) is 0 Å². The van der Waals surface area contributed by atoms with Crippen LogP contribution in [0.4, 0.5) is 0 Å². The monoisotopic (exact) mass is 263 g/mol. The number of aromatic nitrogens is 1. The second-order valence-electron chi connectivity index (χ2n) is 5.03. The summed E-state index contributed by atoms with van der Waals surface area (Å²) in [5.74, 6) is 0. The first-order valence-electron chi connectivity index (χ1n) is 6.41. The molecule has 1 aromatic heterocycles. The maximum atomic E-state index is 12.1. The van der Waals surface area contributed by atoms with Crippen molar-refractivity contribution in [3.8, 4) is 0 Å². The van der Waals surface area contributed by atoms with E-state index in [2.05, 4.69) is 0 Å². The highest BCUT2D eigenvalue weighted by atomic mass is 32.2. The Morgan fingerprint density at radius 2 is 1.78 bits per heavy atom. The fourth-order valence-electron chi connectivity index (χ4n) is 3.01. The lowest BCUT2D eigenvalue weighted by molar-refractivity contribution is 0.592. The van der Waals surface area contributed by atoms with Crippen molar-refractivity contribution in [2.24, 2.45) is 0 Å². The summed E-state index contributed by atoms with van der Waals surface area (Å²) in [6, 6.07) is 7.84. The molecule has 0 aliphatic heterocycles. The molecule has 0 N–H and O–H groups in total. The van der Waals surface area contributed by atoms with Crippen LogP contribution in [0.5, 0.6) is 0 Å². The predicted octanol–water partition coefficient (Wildman–Crippen LogP) is 2.72. The van der Waals surface area contributed by atoms with Crippen molar-refractivity contribution >= 4 is 20.9 Å². The lowest BCUT2D eigenvalue weighted by atomic mass is 10.1. The van der Waals surface area contributed by atoms with E-state index < -0.39 is 10.0 Å². The number of hydrogen-bond donors (Lipinski definition) is 0. The van der Waals surface area contributed by atoms with Crippen molar-refractivity contribution in [2.45, 2.75) is 32.1 Å². The number of benzene rings is 1. The zero-order chi connectivity index (χ0) is 12.8. The van der Waals surface area contributed by atoms with E-state index in [1.807, 2.05) is 24.3 Å². The van der Waals surface area contributed by atoms with Crippen molar-refractivity contribution in [1.82, 2.24) is 3.97 Å². The van der Waals surface area contributed by atoms with Crippen LogP contribution in [-0.4, -0.2) is 18.6 Å². The normalized spacial score (nSPS) is 16.5. The maximum absolute atomic E-state index is 12.1. The van der Waals surface area contributed by atoms with Gasteiger partial charge in [0.25, 0.3) is 0 Å². The molecule has 3 nitrogen and oxygen atoms in total. The van der Waals surface area contributed by atoms with Gasteiger partial charge in [-0.15, -0.1) is 0 Å². The Morgan fingerprint density at radius 1 is 1.06 bits per heavy atom. The molecule has 0 amide bonds. The number of hydrogen-bond acceptors (Lipinski definition) is 2. The second kappa shape index (κ2) is 4.12. The molecule has 0 spiro atoms. The van der Waals surface area contributed by atoms with E-state index in [0.717, 1.165) is 42.3 Å². The van der Waals surface area contributed by atoms with Gasteiger partial charge in [-0.25, -0.2) is 12.4 Å². The van der Waals surface area contributed by atoms with E-state index in [-0.39, 0.29) is 0 Å². The van der Waals surface area contributed by atoms with Gasteiger partial charge in [-0.1, -0.05) is 24.6 Å². The molecular weight excluding hydrogens is 246 g/mol. The smallest absolute Gasteiger partial charge is 0.236 e. The van der Waals surface area contributed by atoms with Gasteiger partial charge in [-0.05, 0) is 37.3 Å². The van der Waals surface area contributed by atoms with E-state index in [1.165, 1.54) is 18.2 Å². The van der Waals surface area contributed by atoms with Gasteiger partial charge in [0, 0.05) is 11.1 Å². The second-order valence-corrected chi connectivity index (χ2v) is 6.86. The molecule has 0 unspecified atom stereocenters. The predicted molar refractivity (Wildman–Crippen MR) is 73.4 cm³/mol. The van der Waals surface area contributed by atoms with E-state index in [1.54, 1.807) is 3.97 Å². The van der Waals surface area contributed by atoms with Gasteiger partial charge in [-0.3, -0.25) is 0 Å². The van der Waals surface area contributed by atoms with Gasteiger partial charge in [0.15, 0.2) is 0 Å². The van der Waals surface area contributed by atoms with Crippen LogP contribution in [0, 0.1) is 0 Å². The molecule has 0 bridgehead atoms. The Kier molecular flexibility index (Phi) is 2.70. The number of aryl methyl sites for hydroxylation is 1. The molecule has 1 aliphatic carbocycles. The minimum Gasteiger partial charge on any atom is -0.242 e. The topological polar surface area (TPSA) is 39.1 Å². The zero-order valence-electron chi connectivity index (χ0n) is 10.5. The fraction of sp³-hybridized carbons (Fsp3) is 0.429. The van der Waals surface area contributed by atoms with Crippen LogP contribution in [0.2, 0.25) is 0 Å². The van der Waals surface area contributed by atoms with Crippen molar-refractivity contribution < 1.29 is 8.42 Å². The summed E-state index contributed by atoms with van der Waals surface area (Å²) in [7, 11) is -3.23. The van der Waals surface area contributed by atoms with E-state index in [4.69, 9.17) is 0 Å². The minimum atomic E-state index is -3.23. The summed E-state index contributed by atoms with van der Waals surface area (Å²) in [6.45, 7) is 0. The van der Waals surface area contributed by atoms with Crippen LogP contribution < -0.4 is 0 Å². The molecule has 1 heterocycles. The summed E-state index contributed by atoms with van der Waals surface area (Å²) in [6.07, 6.45) is 6.59. The van der Waals surface area contributed by atoms with Crippen molar-refractivity contribution in [2.75, 3.05) is 6.26 Å². The summed E-state index contributed by atoms with van der Waals surface area (Å²) in [5, 5.41) is 1.11. The average molecular weight is 263 g/mol. The van der Waals surface area contributed by atoms with Crippen molar-refractivity contribution in [1.29, 1.82) is 0 Å². The summed E-state index contributed by atoms with van der Waals surface area (Å²) in [5.41, 5.74) is 3.09. The maximum Gasteiger partial charge on any atom is 0.236 e. The fourth-order valence-corrected chi connectivity index (χ4v) is 4.13. The van der Waals surface area contributed by atoms with Crippen LogP contribution in [0.3, 0.4) is 0 Å². The van der Waals surface area contributed by atoms with Gasteiger partial charge in [0.1, 0.15) is 0 Å². The van der Waals surface area contributed by atoms with Crippen molar-refractivity contribution in [3.05, 3.63) is 35.5 Å². The van der Waals surface area contributed by atoms with Gasteiger partial charge < -0.3 is 0 Å². The Labute approximate surface area is 107 Å². The van der Waals surface area contributed by atoms with Gasteiger partial charge in [0.05, 0.1) is 11.8 Å². The molecular formula is C14H17NO2S. The average Bonchev–Trinajstić information content (AvgIpc) is 2.47. The zero-order valence-corrected chi connectivity index (χ0v) is 11.3. The third kappa shape index (κ3) is 1.75. The SMILES string of the molecule is CS(=O)(=O)n1c2c(c3ccccc31)CCCCC2. The Balaban J connectivity index is 2.43. The molecule has 1 aliphatic rings. The molecule has 1 aromatic carbocycles. The molecule has 0 radical (unpaired) electrons. The molecule has 18 heavy (non-hydrogen) atoms. The number of rotatable bonds is 1. The van der Waals surface area contributed by atoms with E-state index >= 15 is 0 Å². The molecule has 0 fully saturated rings. The number of fused-ring (bicyclic) bond motifs is 3. The first kappa shape index (κ1) is 11.8. The lowest BCUT2D eigenvalue weighted by Crippen LogP contribution is -2.13. The first-order valence-corrected chi connectivity index (χ1v) is 8.25. The highest BCUT2D eigenvalue weighted by molar-refractivity contribution is 7.89. The molecule has 96 valence electrons. The summed E-state index contributed by atoms with van der Waals surface area (Å²) in [4.78, 5) is 0. The number of nitrogens with zero attached hydrogens (tertiary/aromatic N) is 1. The highest BCUT2D eigenvalue weighted by Crippen LogP contribution is 2.32. The summed E-state index contributed by atoms with van der Waals surface area (Å²) < 4.78 is 25.7. The molecule has 0 saturated carbocycles. The van der Waals surface area contributed by atoms with Crippen LogP contribution in [0.1, 0.15) is 30.5 Å². The molecule has 4 heteroatoms. The molecule has 0 atom stereocenters. The summed E-state index contributed by atoms with van der Waals surface area (Å²) >= 11 is 0. The highest BCUT2D eigenvalue weighted by Gasteiger charge is 2.22. The lowest BCUT2D eigenvalue weighted by Gasteiger charge is -2.07. The van der Waals surface area contributed by atoms with Crippen LogP contribution in [-0.2, 0) is 22.9 Å². The number of para-hydroxylation sites is 1. The first-order chi connectivity index (χ1) is 8.59. The Bertz CT molecular complexity index is 698. The van der Waals surface area contributed by atoms with Crippen molar-refractivity contribution in [3.63, 3.8) is 0 Å². The van der Waals surface area contributed by atoms with Crippen LogP contribution >= 0.6 is 0 Å².